The number of anilines is 1. The molecule has 1 aliphatic heterocycles. The minimum Gasteiger partial charge on any atom is -0.496 e. The normalized spacial score (nSPS) is 13.2. The molecule has 1 aromatic carbocycles. The predicted molar refractivity (Wildman–Crippen MR) is 109 cm³/mol. The fraction of sp³-hybridized carbons (Fsp3) is 0.545. The molecule has 0 radical (unpaired) electrons. The summed E-state index contributed by atoms with van der Waals surface area (Å²) < 4.78 is 16.1. The second-order valence-electron chi connectivity index (χ2n) is 6.95. The van der Waals surface area contributed by atoms with E-state index in [1.807, 2.05) is 27.7 Å². The van der Waals surface area contributed by atoms with Gasteiger partial charge < -0.3 is 19.5 Å². The quantitative estimate of drug-likeness (QED) is 0.474. The highest BCUT2D eigenvalue weighted by molar-refractivity contribution is 6.01. The number of rotatable bonds is 10. The molecule has 0 bridgehead atoms. The molecule has 1 heterocycles. The Labute approximate surface area is 167 Å². The third-order valence-corrected chi connectivity index (χ3v) is 4.88. The fourth-order valence-corrected chi connectivity index (χ4v) is 3.39. The lowest BCUT2D eigenvalue weighted by Crippen LogP contribution is -2.11. The Bertz CT molecular complexity index is 767. The minimum atomic E-state index is -0.294. The maximum Gasteiger partial charge on any atom is 0.341 e. The number of carbonyl (C=O) groups is 2. The average Bonchev–Trinajstić information content (AvgIpc) is 3.07. The largest absolute Gasteiger partial charge is 0.496 e. The van der Waals surface area contributed by atoms with E-state index in [0.29, 0.717) is 38.0 Å². The molecule has 0 aliphatic carbocycles. The van der Waals surface area contributed by atoms with Gasteiger partial charge in [0.1, 0.15) is 12.4 Å². The van der Waals surface area contributed by atoms with E-state index >= 15 is 0 Å². The SMILES string of the molecule is CCCOC(=O)CC/C(C)=C/Cc1c(NCC)c2c(c(C)c1OC)COC2=O. The van der Waals surface area contributed by atoms with Gasteiger partial charge in [-0.15, -0.1) is 0 Å². The van der Waals surface area contributed by atoms with Gasteiger partial charge in [-0.05, 0) is 45.6 Å². The number of hydrogen-bond acceptors (Lipinski definition) is 6. The topological polar surface area (TPSA) is 73.9 Å². The third kappa shape index (κ3) is 4.86. The number of nitrogens with one attached hydrogen (secondary N) is 1. The molecule has 0 saturated heterocycles. The highest BCUT2D eigenvalue weighted by Gasteiger charge is 2.31. The highest BCUT2D eigenvalue weighted by atomic mass is 16.5. The van der Waals surface area contributed by atoms with Crippen LogP contribution in [0.25, 0.3) is 0 Å². The fourth-order valence-electron chi connectivity index (χ4n) is 3.39. The van der Waals surface area contributed by atoms with E-state index in [-0.39, 0.29) is 18.5 Å². The van der Waals surface area contributed by atoms with Gasteiger partial charge in [-0.2, -0.15) is 0 Å². The van der Waals surface area contributed by atoms with Gasteiger partial charge in [-0.3, -0.25) is 4.79 Å². The number of ether oxygens (including phenoxy) is 3. The highest BCUT2D eigenvalue weighted by Crippen LogP contribution is 2.41. The van der Waals surface area contributed by atoms with Crippen LogP contribution in [0.5, 0.6) is 5.75 Å². The summed E-state index contributed by atoms with van der Waals surface area (Å²) in [6.45, 7) is 9.36. The lowest BCUT2D eigenvalue weighted by Gasteiger charge is -2.19. The number of esters is 2. The number of allylic oxidation sites excluding steroid dienone is 2. The zero-order valence-corrected chi connectivity index (χ0v) is 17.6. The summed E-state index contributed by atoms with van der Waals surface area (Å²) in [4.78, 5) is 24.0. The van der Waals surface area contributed by atoms with Crippen LogP contribution in [0.1, 0.15) is 67.1 Å². The van der Waals surface area contributed by atoms with E-state index in [1.54, 1.807) is 7.11 Å². The molecule has 2 rings (SSSR count). The Morgan fingerprint density at radius 1 is 1.29 bits per heavy atom. The van der Waals surface area contributed by atoms with Crippen molar-refractivity contribution in [1.82, 2.24) is 0 Å². The summed E-state index contributed by atoms with van der Waals surface area (Å²) in [6.07, 6.45) is 4.52. The number of fused-ring (bicyclic) bond motifs is 1. The van der Waals surface area contributed by atoms with Crippen molar-refractivity contribution in [3.8, 4) is 5.75 Å². The van der Waals surface area contributed by atoms with Crippen LogP contribution >= 0.6 is 0 Å². The maximum atomic E-state index is 12.3. The van der Waals surface area contributed by atoms with Gasteiger partial charge in [0.15, 0.2) is 0 Å². The summed E-state index contributed by atoms with van der Waals surface area (Å²) in [5.74, 6) is 0.313. The van der Waals surface area contributed by atoms with E-state index in [0.717, 1.165) is 40.1 Å². The van der Waals surface area contributed by atoms with E-state index in [1.165, 1.54) is 0 Å². The molecule has 0 unspecified atom stereocenters. The third-order valence-electron chi connectivity index (χ3n) is 4.88. The molecule has 1 aromatic rings. The lowest BCUT2D eigenvalue weighted by molar-refractivity contribution is -0.143. The van der Waals surface area contributed by atoms with E-state index in [4.69, 9.17) is 14.2 Å². The summed E-state index contributed by atoms with van der Waals surface area (Å²) >= 11 is 0. The van der Waals surface area contributed by atoms with Gasteiger partial charge in [0, 0.05) is 24.1 Å². The van der Waals surface area contributed by atoms with E-state index in [9.17, 15) is 9.59 Å². The molecule has 0 aromatic heterocycles. The van der Waals surface area contributed by atoms with Crippen LogP contribution in [-0.4, -0.2) is 32.2 Å². The number of benzene rings is 1. The van der Waals surface area contributed by atoms with E-state index < -0.39 is 0 Å². The van der Waals surface area contributed by atoms with Crippen LogP contribution in [0.3, 0.4) is 0 Å². The van der Waals surface area contributed by atoms with Crippen LogP contribution in [0.4, 0.5) is 5.69 Å². The Kier molecular flexibility index (Phi) is 7.91. The monoisotopic (exact) mass is 389 g/mol. The van der Waals surface area contributed by atoms with Gasteiger partial charge >= 0.3 is 11.9 Å². The molecule has 154 valence electrons. The van der Waals surface area contributed by atoms with Crippen molar-refractivity contribution >= 4 is 17.6 Å². The average molecular weight is 389 g/mol. The predicted octanol–water partition coefficient (Wildman–Crippen LogP) is 4.33. The molecular weight excluding hydrogens is 358 g/mol. The molecule has 1 aliphatic rings. The molecular formula is C22H31NO5. The number of carbonyl (C=O) groups excluding carboxylic acids is 2. The van der Waals surface area contributed by atoms with Crippen molar-refractivity contribution in [3.05, 3.63) is 33.9 Å². The lowest BCUT2D eigenvalue weighted by atomic mass is 9.93. The number of methoxy groups -OCH3 is 1. The first kappa shape index (κ1) is 21.8. The Hall–Kier alpha value is -2.50. The molecule has 0 atom stereocenters. The first-order valence-corrected chi connectivity index (χ1v) is 9.89. The van der Waals surface area contributed by atoms with Crippen molar-refractivity contribution in [2.24, 2.45) is 0 Å². The van der Waals surface area contributed by atoms with Gasteiger partial charge in [-0.25, -0.2) is 4.79 Å². The molecule has 0 saturated carbocycles. The summed E-state index contributed by atoms with van der Waals surface area (Å²) in [6, 6.07) is 0. The number of cyclic esters (lactones) is 1. The van der Waals surface area contributed by atoms with Gasteiger partial charge in [0.25, 0.3) is 0 Å². The van der Waals surface area contributed by atoms with E-state index in [2.05, 4.69) is 11.4 Å². The molecule has 0 fully saturated rings. The molecule has 28 heavy (non-hydrogen) atoms. The van der Waals surface area contributed by atoms with Gasteiger partial charge in [0.05, 0.1) is 25.0 Å². The summed E-state index contributed by atoms with van der Waals surface area (Å²) in [5, 5.41) is 3.32. The first-order chi connectivity index (χ1) is 13.4. The molecule has 1 N–H and O–H groups in total. The second kappa shape index (κ2) is 10.2. The molecule has 0 amide bonds. The zero-order valence-electron chi connectivity index (χ0n) is 17.6. The van der Waals surface area contributed by atoms with Crippen LogP contribution < -0.4 is 10.1 Å². The van der Waals surface area contributed by atoms with Crippen molar-refractivity contribution < 1.29 is 23.8 Å². The van der Waals surface area contributed by atoms with Crippen LogP contribution in [0.15, 0.2) is 11.6 Å². The van der Waals surface area contributed by atoms with Crippen molar-refractivity contribution in [2.75, 3.05) is 25.6 Å². The van der Waals surface area contributed by atoms with Crippen molar-refractivity contribution in [1.29, 1.82) is 0 Å². The van der Waals surface area contributed by atoms with Gasteiger partial charge in [0.2, 0.25) is 0 Å². The number of hydrogen-bond donors (Lipinski definition) is 1. The smallest absolute Gasteiger partial charge is 0.341 e. The standard InChI is InChI=1S/C22H31NO5/c1-6-12-27-18(24)11-9-14(3)8-10-16-20(23-7-2)19-17(13-28-22(19)25)15(4)21(16)26-5/h8,23H,6-7,9-13H2,1-5H3/b14-8+. The zero-order chi connectivity index (χ0) is 20.7. The Morgan fingerprint density at radius 3 is 2.68 bits per heavy atom. The minimum absolute atomic E-state index is 0.170. The Balaban J connectivity index is 2.27. The second-order valence-corrected chi connectivity index (χ2v) is 6.95. The van der Waals surface area contributed by atoms with Crippen LogP contribution in [-0.2, 0) is 27.3 Å². The molecule has 6 nitrogen and oxygen atoms in total. The van der Waals surface area contributed by atoms with Crippen LogP contribution in [0.2, 0.25) is 0 Å². The molecule has 6 heteroatoms. The van der Waals surface area contributed by atoms with Crippen LogP contribution in [0, 0.1) is 6.92 Å². The van der Waals surface area contributed by atoms with Crippen molar-refractivity contribution in [3.63, 3.8) is 0 Å². The Morgan fingerprint density at radius 2 is 2.04 bits per heavy atom. The first-order valence-electron chi connectivity index (χ1n) is 9.89. The molecule has 0 spiro atoms. The van der Waals surface area contributed by atoms with Crippen molar-refractivity contribution in [2.45, 2.75) is 60.0 Å². The summed E-state index contributed by atoms with van der Waals surface area (Å²) in [5.41, 5.74) is 5.26. The summed E-state index contributed by atoms with van der Waals surface area (Å²) in [7, 11) is 1.64. The van der Waals surface area contributed by atoms with Gasteiger partial charge in [-0.1, -0.05) is 18.6 Å². The maximum absolute atomic E-state index is 12.3.